The van der Waals surface area contributed by atoms with Crippen molar-refractivity contribution in [3.8, 4) is 17.1 Å². The van der Waals surface area contributed by atoms with E-state index in [9.17, 15) is 5.11 Å². The number of hydrogen-bond donors (Lipinski definition) is 1. The summed E-state index contributed by atoms with van der Waals surface area (Å²) in [6, 6.07) is 7.01. The molecule has 3 rings (SSSR count). The van der Waals surface area contributed by atoms with Crippen LogP contribution in [-0.2, 0) is 0 Å². The van der Waals surface area contributed by atoms with Gasteiger partial charge in [-0.1, -0.05) is 23.7 Å². The molecule has 1 heterocycles. The average molecular weight is 216 g/mol. The minimum Gasteiger partial charge on any atom is -0.507 e. The standard InChI is InChI=1S/C12H12N2O2/c15-10-7-2-1-6-9(10)11-13-12(16-14-11)8-4-3-5-8/h1-2,6-8,15H,3-5H2. The normalized spacial score (nSPS) is 16.0. The first kappa shape index (κ1) is 9.39. The minimum atomic E-state index is 0.184. The third-order valence-electron chi connectivity index (χ3n) is 3.04. The van der Waals surface area contributed by atoms with Gasteiger partial charge in [0.15, 0.2) is 0 Å². The summed E-state index contributed by atoms with van der Waals surface area (Å²) in [7, 11) is 0. The van der Waals surface area contributed by atoms with Crippen LogP contribution in [0.1, 0.15) is 31.1 Å². The predicted molar refractivity (Wildman–Crippen MR) is 58.0 cm³/mol. The van der Waals surface area contributed by atoms with Gasteiger partial charge in [-0.2, -0.15) is 4.98 Å². The summed E-state index contributed by atoms with van der Waals surface area (Å²) in [5, 5.41) is 13.6. The lowest BCUT2D eigenvalue weighted by Gasteiger charge is -2.20. The van der Waals surface area contributed by atoms with Crippen molar-refractivity contribution in [3.63, 3.8) is 0 Å². The van der Waals surface area contributed by atoms with Crippen molar-refractivity contribution in [3.05, 3.63) is 30.2 Å². The number of benzene rings is 1. The Morgan fingerprint density at radius 3 is 2.75 bits per heavy atom. The fourth-order valence-corrected chi connectivity index (χ4v) is 1.83. The van der Waals surface area contributed by atoms with E-state index in [1.54, 1.807) is 18.2 Å². The summed E-state index contributed by atoms with van der Waals surface area (Å²) in [5.41, 5.74) is 0.622. The minimum absolute atomic E-state index is 0.184. The highest BCUT2D eigenvalue weighted by Crippen LogP contribution is 2.36. The summed E-state index contributed by atoms with van der Waals surface area (Å²) < 4.78 is 5.21. The predicted octanol–water partition coefficient (Wildman–Crippen LogP) is 2.71. The van der Waals surface area contributed by atoms with E-state index in [-0.39, 0.29) is 5.75 Å². The molecule has 1 fully saturated rings. The van der Waals surface area contributed by atoms with Crippen LogP contribution in [0, 0.1) is 0 Å². The van der Waals surface area contributed by atoms with Gasteiger partial charge in [-0.15, -0.1) is 0 Å². The summed E-state index contributed by atoms with van der Waals surface area (Å²) in [6.45, 7) is 0. The van der Waals surface area contributed by atoms with E-state index in [0.29, 0.717) is 23.2 Å². The molecule has 0 saturated heterocycles. The second kappa shape index (κ2) is 3.63. The molecule has 2 aromatic rings. The van der Waals surface area contributed by atoms with Gasteiger partial charge in [0.1, 0.15) is 5.75 Å². The zero-order valence-corrected chi connectivity index (χ0v) is 8.76. The number of para-hydroxylation sites is 1. The van der Waals surface area contributed by atoms with Crippen LogP contribution in [0.2, 0.25) is 0 Å². The lowest BCUT2D eigenvalue weighted by atomic mass is 9.85. The van der Waals surface area contributed by atoms with Gasteiger partial charge in [-0.05, 0) is 25.0 Å². The van der Waals surface area contributed by atoms with Crippen molar-refractivity contribution in [1.29, 1.82) is 0 Å². The van der Waals surface area contributed by atoms with Crippen LogP contribution in [0.15, 0.2) is 28.8 Å². The van der Waals surface area contributed by atoms with Crippen LogP contribution in [0.5, 0.6) is 5.75 Å². The number of aromatic hydroxyl groups is 1. The van der Waals surface area contributed by atoms with Crippen molar-refractivity contribution in [2.75, 3.05) is 0 Å². The first-order valence-corrected chi connectivity index (χ1v) is 5.46. The molecule has 82 valence electrons. The quantitative estimate of drug-likeness (QED) is 0.838. The summed E-state index contributed by atoms with van der Waals surface area (Å²) in [6.07, 6.45) is 3.49. The molecule has 0 unspecified atom stereocenters. The van der Waals surface area contributed by atoms with E-state index in [2.05, 4.69) is 10.1 Å². The Bertz CT molecular complexity index is 503. The molecule has 4 nitrogen and oxygen atoms in total. The molecule has 1 saturated carbocycles. The van der Waals surface area contributed by atoms with Crippen molar-refractivity contribution in [2.45, 2.75) is 25.2 Å². The second-order valence-corrected chi connectivity index (χ2v) is 4.10. The Balaban J connectivity index is 1.95. The van der Waals surface area contributed by atoms with Gasteiger partial charge in [0, 0.05) is 5.92 Å². The number of nitrogens with zero attached hydrogens (tertiary/aromatic N) is 2. The Morgan fingerprint density at radius 1 is 1.25 bits per heavy atom. The zero-order chi connectivity index (χ0) is 11.0. The average Bonchev–Trinajstić information content (AvgIpc) is 2.65. The Morgan fingerprint density at radius 2 is 2.06 bits per heavy atom. The molecule has 1 N–H and O–H groups in total. The summed E-state index contributed by atoms with van der Waals surface area (Å²) in [4.78, 5) is 4.33. The molecule has 0 spiro atoms. The molecular weight excluding hydrogens is 204 g/mol. The molecule has 0 radical (unpaired) electrons. The van der Waals surface area contributed by atoms with Crippen LogP contribution in [0.25, 0.3) is 11.4 Å². The molecular formula is C12H12N2O2. The Labute approximate surface area is 92.9 Å². The highest BCUT2D eigenvalue weighted by molar-refractivity contribution is 5.62. The van der Waals surface area contributed by atoms with E-state index >= 15 is 0 Å². The van der Waals surface area contributed by atoms with Gasteiger partial charge >= 0.3 is 0 Å². The van der Waals surface area contributed by atoms with Crippen LogP contribution < -0.4 is 0 Å². The Hall–Kier alpha value is -1.84. The maximum absolute atomic E-state index is 9.66. The third kappa shape index (κ3) is 1.46. The van der Waals surface area contributed by atoms with Crippen LogP contribution in [-0.4, -0.2) is 15.2 Å². The molecule has 0 atom stereocenters. The van der Waals surface area contributed by atoms with Gasteiger partial charge in [-0.25, -0.2) is 0 Å². The summed E-state index contributed by atoms with van der Waals surface area (Å²) in [5.74, 6) is 1.78. The van der Waals surface area contributed by atoms with E-state index in [4.69, 9.17) is 4.52 Å². The zero-order valence-electron chi connectivity index (χ0n) is 8.76. The maximum Gasteiger partial charge on any atom is 0.230 e. The van der Waals surface area contributed by atoms with E-state index < -0.39 is 0 Å². The number of phenolic OH excluding ortho intramolecular Hbond substituents is 1. The molecule has 1 aromatic heterocycles. The van der Waals surface area contributed by atoms with E-state index in [0.717, 1.165) is 12.8 Å². The highest BCUT2D eigenvalue weighted by atomic mass is 16.5. The van der Waals surface area contributed by atoms with Crippen molar-refractivity contribution < 1.29 is 9.63 Å². The fraction of sp³-hybridized carbons (Fsp3) is 0.333. The number of aromatic nitrogens is 2. The molecule has 4 heteroatoms. The van der Waals surface area contributed by atoms with E-state index in [1.165, 1.54) is 6.42 Å². The number of phenols is 1. The van der Waals surface area contributed by atoms with Crippen LogP contribution >= 0.6 is 0 Å². The van der Waals surface area contributed by atoms with Crippen molar-refractivity contribution in [2.24, 2.45) is 0 Å². The number of rotatable bonds is 2. The molecule has 0 amide bonds. The SMILES string of the molecule is Oc1ccccc1-c1noc(C2CCC2)n1. The van der Waals surface area contributed by atoms with E-state index in [1.807, 2.05) is 6.07 Å². The van der Waals surface area contributed by atoms with Crippen LogP contribution in [0.4, 0.5) is 0 Å². The smallest absolute Gasteiger partial charge is 0.230 e. The molecule has 0 bridgehead atoms. The largest absolute Gasteiger partial charge is 0.507 e. The molecule has 1 aromatic carbocycles. The lowest BCUT2D eigenvalue weighted by molar-refractivity contribution is 0.292. The van der Waals surface area contributed by atoms with Crippen LogP contribution in [0.3, 0.4) is 0 Å². The first-order valence-electron chi connectivity index (χ1n) is 5.46. The molecule has 1 aliphatic carbocycles. The van der Waals surface area contributed by atoms with Gasteiger partial charge in [-0.3, -0.25) is 0 Å². The summed E-state index contributed by atoms with van der Waals surface area (Å²) >= 11 is 0. The maximum atomic E-state index is 9.66. The first-order chi connectivity index (χ1) is 7.84. The van der Waals surface area contributed by atoms with Gasteiger partial charge in [0.25, 0.3) is 0 Å². The van der Waals surface area contributed by atoms with Gasteiger partial charge in [0.05, 0.1) is 5.56 Å². The fourth-order valence-electron chi connectivity index (χ4n) is 1.83. The topological polar surface area (TPSA) is 59.2 Å². The van der Waals surface area contributed by atoms with Crippen molar-refractivity contribution in [1.82, 2.24) is 10.1 Å². The highest BCUT2D eigenvalue weighted by Gasteiger charge is 2.25. The van der Waals surface area contributed by atoms with Gasteiger partial charge in [0.2, 0.25) is 11.7 Å². The molecule has 16 heavy (non-hydrogen) atoms. The van der Waals surface area contributed by atoms with Gasteiger partial charge < -0.3 is 9.63 Å². The molecule has 1 aliphatic rings. The molecule has 0 aliphatic heterocycles. The van der Waals surface area contributed by atoms with Crippen molar-refractivity contribution >= 4 is 0 Å². The second-order valence-electron chi connectivity index (χ2n) is 4.10. The lowest BCUT2D eigenvalue weighted by Crippen LogP contribution is -2.08. The Kier molecular flexibility index (Phi) is 2.13. The number of hydrogen-bond acceptors (Lipinski definition) is 4. The monoisotopic (exact) mass is 216 g/mol. The third-order valence-corrected chi connectivity index (χ3v) is 3.04.